The molecule has 2 aromatic rings. The summed E-state index contributed by atoms with van der Waals surface area (Å²) in [6, 6.07) is 12.6. The quantitative estimate of drug-likeness (QED) is 0.858. The normalized spacial score (nSPS) is 21.0. The van der Waals surface area contributed by atoms with Crippen molar-refractivity contribution in [2.45, 2.75) is 18.6 Å². The number of hydrogen-bond acceptors (Lipinski definition) is 5. The smallest absolute Gasteiger partial charge is 0.194 e. The van der Waals surface area contributed by atoms with Gasteiger partial charge in [-0.15, -0.1) is 0 Å². The molecule has 106 valence electrons. The van der Waals surface area contributed by atoms with Gasteiger partial charge >= 0.3 is 0 Å². The molecule has 0 saturated carbocycles. The summed E-state index contributed by atoms with van der Waals surface area (Å²) in [4.78, 5) is 23.3. The Morgan fingerprint density at radius 1 is 1.14 bits per heavy atom. The van der Waals surface area contributed by atoms with Crippen LogP contribution < -0.4 is 4.74 Å². The molecule has 2 aromatic carbocycles. The highest BCUT2D eigenvalue weighted by atomic mass is 16.5. The number of nitrogens with zero attached hydrogens (tertiary/aromatic N) is 1. The lowest BCUT2D eigenvalue weighted by atomic mass is 9.98. The van der Waals surface area contributed by atoms with E-state index in [0.717, 1.165) is 5.56 Å². The lowest BCUT2D eigenvalue weighted by Gasteiger charge is -2.18. The van der Waals surface area contributed by atoms with Gasteiger partial charge < -0.3 is 9.84 Å². The summed E-state index contributed by atoms with van der Waals surface area (Å²) in [7, 11) is 0. The van der Waals surface area contributed by atoms with Crippen molar-refractivity contribution in [3.8, 4) is 11.5 Å². The Hall–Kier alpha value is -2.69. The molecule has 5 heteroatoms. The third-order valence-corrected chi connectivity index (χ3v) is 3.54. The molecule has 1 heterocycles. The van der Waals surface area contributed by atoms with E-state index in [1.165, 1.54) is 18.2 Å². The van der Waals surface area contributed by atoms with E-state index < -0.39 is 12.1 Å². The molecule has 21 heavy (non-hydrogen) atoms. The van der Waals surface area contributed by atoms with E-state index in [1.807, 2.05) is 30.3 Å². The molecule has 0 aliphatic carbocycles. The number of phenolic OH excluding ortho intramolecular Hbond substituents is 1. The molecule has 1 aliphatic heterocycles. The molecule has 3 rings (SSSR count). The predicted octanol–water partition coefficient (Wildman–Crippen LogP) is 3.23. The van der Waals surface area contributed by atoms with E-state index in [-0.39, 0.29) is 29.3 Å². The largest absolute Gasteiger partial charge is 0.508 e. The number of fused-ring (bicyclic) bond motifs is 1. The van der Waals surface area contributed by atoms with Crippen molar-refractivity contribution in [2.24, 2.45) is 5.18 Å². The Balaban J connectivity index is 2.07. The van der Waals surface area contributed by atoms with Gasteiger partial charge in [-0.3, -0.25) is 4.79 Å². The highest BCUT2D eigenvalue weighted by Gasteiger charge is 2.33. The number of aromatic hydroxyl groups is 1. The summed E-state index contributed by atoms with van der Waals surface area (Å²) in [5, 5.41) is 12.5. The van der Waals surface area contributed by atoms with Crippen LogP contribution in [0.1, 0.15) is 28.4 Å². The van der Waals surface area contributed by atoms with Crippen molar-refractivity contribution in [3.63, 3.8) is 0 Å². The predicted molar refractivity (Wildman–Crippen MR) is 76.4 cm³/mol. The van der Waals surface area contributed by atoms with E-state index in [2.05, 4.69) is 5.18 Å². The molecule has 2 unspecified atom stereocenters. The van der Waals surface area contributed by atoms with Gasteiger partial charge in [0.1, 0.15) is 17.6 Å². The zero-order valence-corrected chi connectivity index (χ0v) is 11.1. The van der Waals surface area contributed by atoms with Gasteiger partial charge in [0, 0.05) is 12.5 Å². The Kier molecular flexibility index (Phi) is 3.39. The minimum atomic E-state index is -0.985. The van der Waals surface area contributed by atoms with E-state index in [4.69, 9.17) is 4.74 Å². The Labute approximate surface area is 121 Å². The van der Waals surface area contributed by atoms with Crippen molar-refractivity contribution < 1.29 is 14.6 Å². The van der Waals surface area contributed by atoms with Crippen LogP contribution in [0.2, 0.25) is 0 Å². The summed E-state index contributed by atoms with van der Waals surface area (Å²) >= 11 is 0. The van der Waals surface area contributed by atoms with Crippen molar-refractivity contribution in [1.82, 2.24) is 0 Å². The molecule has 1 N–H and O–H groups in total. The highest BCUT2D eigenvalue weighted by Crippen LogP contribution is 2.36. The van der Waals surface area contributed by atoms with Gasteiger partial charge in [-0.1, -0.05) is 35.5 Å². The van der Waals surface area contributed by atoms with Crippen LogP contribution in [0.25, 0.3) is 0 Å². The maximum Gasteiger partial charge on any atom is 0.194 e. The average Bonchev–Trinajstić information content (AvgIpc) is 2.64. The third kappa shape index (κ3) is 2.50. The lowest BCUT2D eigenvalue weighted by molar-refractivity contribution is 0.0951. The maximum atomic E-state index is 12.3. The van der Waals surface area contributed by atoms with E-state index >= 15 is 0 Å². The summed E-state index contributed by atoms with van der Waals surface area (Å²) < 4.78 is 5.85. The van der Waals surface area contributed by atoms with Crippen molar-refractivity contribution >= 4 is 5.78 Å². The second kappa shape index (κ2) is 5.36. The van der Waals surface area contributed by atoms with Crippen LogP contribution >= 0.6 is 0 Å². The van der Waals surface area contributed by atoms with Gasteiger partial charge in [0.15, 0.2) is 11.8 Å². The number of nitroso groups, excluding NO2 is 1. The first-order chi connectivity index (χ1) is 10.2. The number of Topliss-reactive ketones (excluding diaryl/α,β-unsaturated/α-hetero) is 1. The molecule has 0 aromatic heterocycles. The molecule has 0 amide bonds. The second-order valence-corrected chi connectivity index (χ2v) is 4.92. The monoisotopic (exact) mass is 283 g/mol. The zero-order chi connectivity index (χ0) is 14.8. The van der Waals surface area contributed by atoms with Crippen LogP contribution in [-0.4, -0.2) is 16.9 Å². The second-order valence-electron chi connectivity index (χ2n) is 4.92. The van der Waals surface area contributed by atoms with Crippen LogP contribution in [0.4, 0.5) is 0 Å². The van der Waals surface area contributed by atoms with Crippen LogP contribution in [0, 0.1) is 4.91 Å². The third-order valence-electron chi connectivity index (χ3n) is 3.54. The lowest BCUT2D eigenvalue weighted by Crippen LogP contribution is -2.19. The minimum Gasteiger partial charge on any atom is -0.508 e. The zero-order valence-electron chi connectivity index (χ0n) is 11.1. The fourth-order valence-electron chi connectivity index (χ4n) is 2.47. The molecule has 5 nitrogen and oxygen atoms in total. The number of carbonyl (C=O) groups is 1. The Morgan fingerprint density at radius 3 is 2.62 bits per heavy atom. The summed E-state index contributed by atoms with van der Waals surface area (Å²) in [5.41, 5.74) is 1.13. The molecule has 0 spiro atoms. The van der Waals surface area contributed by atoms with Crippen molar-refractivity contribution in [1.29, 1.82) is 0 Å². The number of hydrogen-bond donors (Lipinski definition) is 1. The van der Waals surface area contributed by atoms with Gasteiger partial charge in [0.05, 0.1) is 5.56 Å². The van der Waals surface area contributed by atoms with E-state index in [0.29, 0.717) is 0 Å². The van der Waals surface area contributed by atoms with Crippen molar-refractivity contribution in [3.05, 3.63) is 64.6 Å². The molecular weight excluding hydrogens is 270 g/mol. The molecule has 0 fully saturated rings. The summed E-state index contributed by atoms with van der Waals surface area (Å²) in [6.45, 7) is 0. The van der Waals surface area contributed by atoms with Gasteiger partial charge in [-0.25, -0.2) is 0 Å². The molecule has 0 saturated heterocycles. The first-order valence-corrected chi connectivity index (χ1v) is 6.60. The Bertz CT molecular complexity index is 684. The average molecular weight is 283 g/mol. The molecule has 0 radical (unpaired) electrons. The summed E-state index contributed by atoms with van der Waals surface area (Å²) in [6.07, 6.45) is -0.275. The van der Waals surface area contributed by atoms with Crippen molar-refractivity contribution in [2.75, 3.05) is 0 Å². The van der Waals surface area contributed by atoms with Crippen LogP contribution in [0.15, 0.2) is 53.7 Å². The number of phenols is 1. The fourth-order valence-corrected chi connectivity index (χ4v) is 2.47. The number of carbonyl (C=O) groups excluding carboxylic acids is 1. The maximum absolute atomic E-state index is 12.3. The van der Waals surface area contributed by atoms with Crippen LogP contribution in [0.5, 0.6) is 11.5 Å². The van der Waals surface area contributed by atoms with Gasteiger partial charge in [-0.05, 0) is 17.7 Å². The van der Waals surface area contributed by atoms with Gasteiger partial charge in [0.2, 0.25) is 0 Å². The molecule has 1 aliphatic rings. The standard InChI is InChI=1S/C16H13NO4/c18-11-6-7-12-15(8-11)21-14(9-13(17-20)16(12)19)10-4-2-1-3-5-10/h1-8,13-14,18H,9H2. The number of rotatable bonds is 2. The molecule has 2 atom stereocenters. The number of ketones is 1. The van der Waals surface area contributed by atoms with Gasteiger partial charge in [-0.2, -0.15) is 4.91 Å². The topological polar surface area (TPSA) is 76.0 Å². The van der Waals surface area contributed by atoms with Gasteiger partial charge in [0.25, 0.3) is 0 Å². The van der Waals surface area contributed by atoms with E-state index in [9.17, 15) is 14.8 Å². The highest BCUT2D eigenvalue weighted by molar-refractivity contribution is 6.03. The number of benzene rings is 2. The summed E-state index contributed by atoms with van der Waals surface area (Å²) in [5.74, 6) is -0.0932. The fraction of sp³-hybridized carbons (Fsp3) is 0.188. The molecule has 0 bridgehead atoms. The minimum absolute atomic E-state index is 0.00544. The molecular formula is C16H13NO4. The Morgan fingerprint density at radius 2 is 1.90 bits per heavy atom. The first-order valence-electron chi connectivity index (χ1n) is 6.60. The van der Waals surface area contributed by atoms with Crippen LogP contribution in [0.3, 0.4) is 0 Å². The number of ether oxygens (including phenoxy) is 1. The van der Waals surface area contributed by atoms with E-state index in [1.54, 1.807) is 0 Å². The first kappa shape index (κ1) is 13.3. The SMILES string of the molecule is O=NC1CC(c2ccccc2)Oc2cc(O)ccc2C1=O. The van der Waals surface area contributed by atoms with Crippen LogP contribution in [-0.2, 0) is 0 Å².